The summed E-state index contributed by atoms with van der Waals surface area (Å²) in [5.74, 6) is 1.44. The van der Waals surface area contributed by atoms with Gasteiger partial charge in [-0.2, -0.15) is 0 Å². The Morgan fingerprint density at radius 2 is 1.80 bits per heavy atom. The van der Waals surface area contributed by atoms with Crippen LogP contribution in [0.15, 0.2) is 35.5 Å². The second-order valence-electron chi connectivity index (χ2n) is 5.70. The van der Waals surface area contributed by atoms with Crippen molar-refractivity contribution < 1.29 is 4.74 Å². The lowest BCUT2D eigenvalue weighted by Crippen LogP contribution is -2.47. The Bertz CT molecular complexity index is 859. The molecule has 0 saturated carbocycles. The fourth-order valence-corrected chi connectivity index (χ4v) is 4.56. The number of para-hydroxylation sites is 1. The van der Waals surface area contributed by atoms with Gasteiger partial charge in [0.15, 0.2) is 10.9 Å². The number of aromatic nitrogens is 3. The third-order valence-electron chi connectivity index (χ3n) is 4.27. The Balaban J connectivity index is 1.48. The molecule has 0 atom stereocenters. The highest BCUT2D eigenvalue weighted by Gasteiger charge is 2.22. The molecular weight excluding hydrogens is 354 g/mol. The van der Waals surface area contributed by atoms with E-state index in [0.29, 0.717) is 5.75 Å². The first-order chi connectivity index (χ1) is 12.3. The smallest absolute Gasteiger partial charge is 0.225 e. The van der Waals surface area contributed by atoms with Crippen LogP contribution in [0.4, 0.5) is 11.1 Å². The summed E-state index contributed by atoms with van der Waals surface area (Å²) in [4.78, 5) is 19.5. The van der Waals surface area contributed by atoms with Crippen molar-refractivity contribution >= 4 is 44.4 Å². The molecule has 0 spiro atoms. The average Bonchev–Trinajstić information content (AvgIpc) is 3.12. The molecule has 8 heteroatoms. The molecule has 0 radical (unpaired) electrons. The second-order valence-corrected chi connectivity index (χ2v) is 7.56. The fourth-order valence-electron chi connectivity index (χ4n) is 2.89. The monoisotopic (exact) mass is 373 g/mol. The second kappa shape index (κ2) is 7.05. The Morgan fingerprint density at radius 1 is 1.08 bits per heavy atom. The van der Waals surface area contributed by atoms with Crippen LogP contribution in [0.2, 0.25) is 0 Å². The summed E-state index contributed by atoms with van der Waals surface area (Å²) >= 11 is 3.52. The zero-order chi connectivity index (χ0) is 17.2. The third-order valence-corrected chi connectivity index (χ3v) is 6.12. The Kier molecular flexibility index (Phi) is 4.63. The average molecular weight is 374 g/mol. The number of nitrogens with zero attached hydrogens (tertiary/aromatic N) is 5. The number of hydrogen-bond donors (Lipinski definition) is 0. The third kappa shape index (κ3) is 3.23. The van der Waals surface area contributed by atoms with Crippen LogP contribution in [-0.4, -0.2) is 54.5 Å². The van der Waals surface area contributed by atoms with Gasteiger partial charge in [0.25, 0.3) is 0 Å². The van der Waals surface area contributed by atoms with Crippen LogP contribution in [-0.2, 0) is 0 Å². The molecule has 1 aromatic carbocycles. The number of rotatable bonds is 4. The summed E-state index contributed by atoms with van der Waals surface area (Å²) in [6, 6.07) is 6.39. The SMILES string of the molecule is COc1cnc(N2CCN(c3nc4c(SC)cccc4s3)CC2)nc1. The predicted octanol–water partition coefficient (Wildman–Crippen LogP) is 3.14. The molecule has 25 heavy (non-hydrogen) atoms. The number of thioether (sulfide) groups is 1. The van der Waals surface area contributed by atoms with Gasteiger partial charge >= 0.3 is 0 Å². The Morgan fingerprint density at radius 3 is 2.48 bits per heavy atom. The first-order valence-electron chi connectivity index (χ1n) is 8.08. The van der Waals surface area contributed by atoms with Crippen molar-refractivity contribution in [3.63, 3.8) is 0 Å². The number of fused-ring (bicyclic) bond motifs is 1. The Hall–Kier alpha value is -2.06. The summed E-state index contributed by atoms with van der Waals surface area (Å²) < 4.78 is 6.37. The minimum absolute atomic E-state index is 0.682. The van der Waals surface area contributed by atoms with Crippen molar-refractivity contribution in [2.75, 3.05) is 49.3 Å². The van der Waals surface area contributed by atoms with Crippen molar-refractivity contribution in [2.24, 2.45) is 0 Å². The number of piperazine rings is 1. The molecule has 3 aromatic rings. The van der Waals surface area contributed by atoms with Gasteiger partial charge < -0.3 is 14.5 Å². The van der Waals surface area contributed by atoms with E-state index in [1.807, 2.05) is 0 Å². The molecule has 0 amide bonds. The molecule has 1 saturated heterocycles. The van der Waals surface area contributed by atoms with E-state index in [1.165, 1.54) is 9.60 Å². The molecule has 6 nitrogen and oxygen atoms in total. The highest BCUT2D eigenvalue weighted by molar-refractivity contribution is 7.98. The van der Waals surface area contributed by atoms with Crippen molar-refractivity contribution in [2.45, 2.75) is 4.90 Å². The molecule has 0 bridgehead atoms. The van der Waals surface area contributed by atoms with Gasteiger partial charge in [-0.1, -0.05) is 17.4 Å². The van der Waals surface area contributed by atoms with E-state index in [-0.39, 0.29) is 0 Å². The van der Waals surface area contributed by atoms with E-state index in [2.05, 4.69) is 44.2 Å². The first kappa shape index (κ1) is 16.4. The van der Waals surface area contributed by atoms with Crippen LogP contribution in [0.5, 0.6) is 5.75 Å². The number of anilines is 2. The molecule has 4 rings (SSSR count). The maximum absolute atomic E-state index is 5.12. The van der Waals surface area contributed by atoms with Crippen LogP contribution in [0.1, 0.15) is 0 Å². The minimum Gasteiger partial charge on any atom is -0.494 e. The van der Waals surface area contributed by atoms with E-state index in [9.17, 15) is 0 Å². The highest BCUT2D eigenvalue weighted by Crippen LogP contribution is 2.34. The molecule has 2 aromatic heterocycles. The van der Waals surface area contributed by atoms with Crippen molar-refractivity contribution in [1.29, 1.82) is 0 Å². The van der Waals surface area contributed by atoms with Crippen molar-refractivity contribution in [3.05, 3.63) is 30.6 Å². The molecule has 0 unspecified atom stereocenters. The van der Waals surface area contributed by atoms with E-state index in [0.717, 1.165) is 42.8 Å². The molecule has 1 aliphatic heterocycles. The van der Waals surface area contributed by atoms with Crippen molar-refractivity contribution in [1.82, 2.24) is 15.0 Å². The molecule has 0 N–H and O–H groups in total. The van der Waals surface area contributed by atoms with Gasteiger partial charge in [-0.3, -0.25) is 0 Å². The fraction of sp³-hybridized carbons (Fsp3) is 0.353. The van der Waals surface area contributed by atoms with Gasteiger partial charge in [0.05, 0.1) is 29.7 Å². The minimum atomic E-state index is 0.682. The number of thiazole rings is 1. The highest BCUT2D eigenvalue weighted by atomic mass is 32.2. The van der Waals surface area contributed by atoms with E-state index < -0.39 is 0 Å². The van der Waals surface area contributed by atoms with Crippen LogP contribution in [0, 0.1) is 0 Å². The molecule has 1 aliphatic rings. The van der Waals surface area contributed by atoms with E-state index in [4.69, 9.17) is 9.72 Å². The topological polar surface area (TPSA) is 54.4 Å². The van der Waals surface area contributed by atoms with E-state index >= 15 is 0 Å². The standard InChI is InChI=1S/C17H19N5OS2/c1-23-12-10-18-16(19-11-12)21-6-8-22(9-7-21)17-20-15-13(24-2)4-3-5-14(15)25-17/h3-5,10-11H,6-9H2,1-2H3. The number of methoxy groups -OCH3 is 1. The van der Waals surface area contributed by atoms with Gasteiger partial charge in [0.2, 0.25) is 5.95 Å². The molecule has 130 valence electrons. The van der Waals surface area contributed by atoms with Gasteiger partial charge in [0, 0.05) is 31.1 Å². The number of ether oxygens (including phenoxy) is 1. The maximum Gasteiger partial charge on any atom is 0.225 e. The lowest BCUT2D eigenvalue weighted by molar-refractivity contribution is 0.410. The van der Waals surface area contributed by atoms with Crippen LogP contribution < -0.4 is 14.5 Å². The normalized spacial score (nSPS) is 15.0. The van der Waals surface area contributed by atoms with E-state index in [1.54, 1.807) is 42.6 Å². The Labute approximate surface area is 154 Å². The molecule has 0 aliphatic carbocycles. The van der Waals surface area contributed by atoms with Crippen LogP contribution in [0.3, 0.4) is 0 Å². The number of benzene rings is 1. The lowest BCUT2D eigenvalue weighted by atomic mass is 10.3. The lowest BCUT2D eigenvalue weighted by Gasteiger charge is -2.34. The zero-order valence-corrected chi connectivity index (χ0v) is 15.8. The van der Waals surface area contributed by atoms with Gasteiger partial charge in [-0.05, 0) is 18.4 Å². The predicted molar refractivity (Wildman–Crippen MR) is 104 cm³/mol. The summed E-state index contributed by atoms with van der Waals surface area (Å²) in [7, 11) is 1.62. The molecular formula is C17H19N5OS2. The largest absolute Gasteiger partial charge is 0.494 e. The first-order valence-corrected chi connectivity index (χ1v) is 10.1. The summed E-state index contributed by atoms with van der Waals surface area (Å²) in [5.41, 5.74) is 1.12. The van der Waals surface area contributed by atoms with Gasteiger partial charge in [-0.25, -0.2) is 15.0 Å². The maximum atomic E-state index is 5.12. The van der Waals surface area contributed by atoms with Gasteiger partial charge in [0.1, 0.15) is 0 Å². The summed E-state index contributed by atoms with van der Waals surface area (Å²) in [6.45, 7) is 3.61. The zero-order valence-electron chi connectivity index (χ0n) is 14.2. The number of hydrogen-bond acceptors (Lipinski definition) is 8. The van der Waals surface area contributed by atoms with Crippen molar-refractivity contribution in [3.8, 4) is 5.75 Å². The van der Waals surface area contributed by atoms with Crippen LogP contribution in [0.25, 0.3) is 10.2 Å². The summed E-state index contributed by atoms with van der Waals surface area (Å²) in [5, 5.41) is 1.10. The molecule has 3 heterocycles. The molecule has 1 fully saturated rings. The summed E-state index contributed by atoms with van der Waals surface area (Å²) in [6.07, 6.45) is 5.53. The van der Waals surface area contributed by atoms with Crippen LogP contribution >= 0.6 is 23.1 Å². The quantitative estimate of drug-likeness (QED) is 0.651. The van der Waals surface area contributed by atoms with Gasteiger partial charge in [-0.15, -0.1) is 11.8 Å².